The second-order valence-corrected chi connectivity index (χ2v) is 4.46. The summed E-state index contributed by atoms with van der Waals surface area (Å²) < 4.78 is 10.4. The van der Waals surface area contributed by atoms with E-state index >= 15 is 0 Å². The average molecular weight is 294 g/mol. The number of benzene rings is 1. The summed E-state index contributed by atoms with van der Waals surface area (Å²) >= 11 is 0. The quantitative estimate of drug-likeness (QED) is 0.570. The van der Waals surface area contributed by atoms with Crippen LogP contribution < -0.4 is 15.4 Å². The zero-order chi connectivity index (χ0) is 15.7. The summed E-state index contributed by atoms with van der Waals surface area (Å²) in [6.45, 7) is 5.05. The van der Waals surface area contributed by atoms with Gasteiger partial charge < -0.3 is 20.1 Å². The maximum atomic E-state index is 11.8. The van der Waals surface area contributed by atoms with Crippen molar-refractivity contribution in [2.24, 2.45) is 0 Å². The monoisotopic (exact) mass is 294 g/mol. The molecule has 1 rings (SSSR count). The Bertz CT molecular complexity index is 489. The highest BCUT2D eigenvalue weighted by Crippen LogP contribution is 2.25. The molecule has 0 aromatic heterocycles. The van der Waals surface area contributed by atoms with E-state index < -0.39 is 0 Å². The van der Waals surface area contributed by atoms with Crippen molar-refractivity contribution in [3.8, 4) is 5.75 Å². The largest absolute Gasteiger partial charge is 0.495 e. The van der Waals surface area contributed by atoms with E-state index in [2.05, 4.69) is 10.6 Å². The van der Waals surface area contributed by atoms with Crippen molar-refractivity contribution in [1.29, 1.82) is 0 Å². The molecule has 1 aromatic carbocycles. The summed E-state index contributed by atoms with van der Waals surface area (Å²) in [5.41, 5.74) is 0.967. The minimum absolute atomic E-state index is 0.0749. The van der Waals surface area contributed by atoms with E-state index in [0.29, 0.717) is 36.8 Å². The number of carbonyl (C=O) groups is 2. The van der Waals surface area contributed by atoms with Gasteiger partial charge in [0.25, 0.3) is 0 Å². The maximum Gasteiger partial charge on any atom is 0.319 e. The fourth-order valence-corrected chi connectivity index (χ4v) is 1.67. The number of hydrogen-bond donors (Lipinski definition) is 2. The summed E-state index contributed by atoms with van der Waals surface area (Å²) in [7, 11) is 1.50. The molecule has 0 saturated carbocycles. The van der Waals surface area contributed by atoms with Crippen LogP contribution in [0.4, 0.5) is 10.5 Å². The van der Waals surface area contributed by atoms with Crippen molar-refractivity contribution in [2.45, 2.75) is 20.3 Å². The van der Waals surface area contributed by atoms with Gasteiger partial charge in [-0.05, 0) is 31.5 Å². The minimum atomic E-state index is -0.367. The Labute approximate surface area is 124 Å². The molecule has 0 heterocycles. The van der Waals surface area contributed by atoms with Gasteiger partial charge >= 0.3 is 6.03 Å². The van der Waals surface area contributed by atoms with Crippen molar-refractivity contribution in [2.75, 3.05) is 32.2 Å². The molecule has 2 N–H and O–H groups in total. The van der Waals surface area contributed by atoms with Crippen LogP contribution in [0.15, 0.2) is 18.2 Å². The predicted octanol–water partition coefficient (Wildman–Crippen LogP) is 2.45. The van der Waals surface area contributed by atoms with E-state index in [1.165, 1.54) is 14.0 Å². The van der Waals surface area contributed by atoms with E-state index in [9.17, 15) is 9.59 Å². The zero-order valence-electron chi connectivity index (χ0n) is 12.7. The molecule has 0 aliphatic rings. The van der Waals surface area contributed by atoms with E-state index in [-0.39, 0.29) is 11.8 Å². The maximum absolute atomic E-state index is 11.8. The lowest BCUT2D eigenvalue weighted by molar-refractivity contribution is 0.101. The summed E-state index contributed by atoms with van der Waals surface area (Å²) in [5.74, 6) is 0.423. The molecule has 6 nitrogen and oxygen atoms in total. The van der Waals surface area contributed by atoms with Crippen LogP contribution in [0.25, 0.3) is 0 Å². The van der Waals surface area contributed by atoms with Crippen LogP contribution in [0.2, 0.25) is 0 Å². The normalized spacial score (nSPS) is 10.0. The smallest absolute Gasteiger partial charge is 0.319 e. The average Bonchev–Trinajstić information content (AvgIpc) is 2.46. The number of rotatable bonds is 8. The third-order valence-electron chi connectivity index (χ3n) is 2.73. The molecular weight excluding hydrogens is 272 g/mol. The molecule has 0 atom stereocenters. The first-order chi connectivity index (χ1) is 10.1. The first-order valence-corrected chi connectivity index (χ1v) is 6.90. The van der Waals surface area contributed by atoms with Gasteiger partial charge in [-0.25, -0.2) is 4.79 Å². The first-order valence-electron chi connectivity index (χ1n) is 6.90. The Morgan fingerprint density at radius 1 is 1.24 bits per heavy atom. The zero-order valence-corrected chi connectivity index (χ0v) is 12.7. The molecule has 0 bridgehead atoms. The molecule has 0 aliphatic carbocycles. The van der Waals surface area contributed by atoms with Gasteiger partial charge in [0.1, 0.15) is 5.75 Å². The van der Waals surface area contributed by atoms with Crippen LogP contribution in [-0.4, -0.2) is 38.7 Å². The van der Waals surface area contributed by atoms with Crippen LogP contribution in [0.5, 0.6) is 5.75 Å². The van der Waals surface area contributed by atoms with Crippen molar-refractivity contribution in [1.82, 2.24) is 5.32 Å². The van der Waals surface area contributed by atoms with Gasteiger partial charge in [0, 0.05) is 18.7 Å². The number of carbonyl (C=O) groups excluding carboxylic acids is 2. The van der Waals surface area contributed by atoms with Crippen LogP contribution in [0.1, 0.15) is 30.6 Å². The summed E-state index contributed by atoms with van der Waals surface area (Å²) in [4.78, 5) is 23.1. The van der Waals surface area contributed by atoms with Gasteiger partial charge in [-0.15, -0.1) is 0 Å². The van der Waals surface area contributed by atoms with Crippen LogP contribution in [-0.2, 0) is 4.74 Å². The van der Waals surface area contributed by atoms with Crippen LogP contribution in [0, 0.1) is 0 Å². The molecular formula is C15H22N2O4. The first kappa shape index (κ1) is 17.0. The highest BCUT2D eigenvalue weighted by molar-refractivity contribution is 5.97. The van der Waals surface area contributed by atoms with Crippen molar-refractivity contribution in [3.63, 3.8) is 0 Å². The van der Waals surface area contributed by atoms with Gasteiger partial charge in [0.15, 0.2) is 5.78 Å². The lowest BCUT2D eigenvalue weighted by Gasteiger charge is -2.12. The number of methoxy groups -OCH3 is 1. The summed E-state index contributed by atoms with van der Waals surface area (Å²) in [5, 5.41) is 5.34. The van der Waals surface area contributed by atoms with E-state index in [1.807, 2.05) is 6.92 Å². The van der Waals surface area contributed by atoms with Gasteiger partial charge in [-0.2, -0.15) is 0 Å². The van der Waals surface area contributed by atoms with E-state index in [1.54, 1.807) is 18.2 Å². The van der Waals surface area contributed by atoms with E-state index in [4.69, 9.17) is 9.47 Å². The Hall–Kier alpha value is -2.08. The molecule has 0 saturated heterocycles. The summed E-state index contributed by atoms with van der Waals surface area (Å²) in [6.07, 6.45) is 0.946. The Morgan fingerprint density at radius 3 is 2.62 bits per heavy atom. The van der Waals surface area contributed by atoms with Gasteiger partial charge in [0.2, 0.25) is 0 Å². The lowest BCUT2D eigenvalue weighted by Crippen LogP contribution is -2.31. The Kier molecular flexibility index (Phi) is 7.25. The standard InChI is InChI=1S/C15H22N2O4/c1-4-8-21-9-7-16-15(19)17-13-10-12(11(2)18)5-6-14(13)20-3/h5-6,10H,4,7-9H2,1-3H3,(H2,16,17,19). The number of Topliss-reactive ketones (excluding diaryl/α,β-unsaturated/α-hetero) is 1. The third-order valence-corrected chi connectivity index (χ3v) is 2.73. The number of anilines is 1. The summed E-state index contributed by atoms with van der Waals surface area (Å²) in [6, 6.07) is 4.53. The molecule has 21 heavy (non-hydrogen) atoms. The molecule has 0 aliphatic heterocycles. The Morgan fingerprint density at radius 2 is 2.00 bits per heavy atom. The lowest BCUT2D eigenvalue weighted by atomic mass is 10.1. The van der Waals surface area contributed by atoms with Gasteiger partial charge in [0.05, 0.1) is 19.4 Å². The fraction of sp³-hybridized carbons (Fsp3) is 0.467. The number of ketones is 1. The van der Waals surface area contributed by atoms with Crippen LogP contribution in [0.3, 0.4) is 0 Å². The van der Waals surface area contributed by atoms with Crippen LogP contribution >= 0.6 is 0 Å². The molecule has 2 amide bonds. The molecule has 116 valence electrons. The highest BCUT2D eigenvalue weighted by Gasteiger charge is 2.10. The number of urea groups is 1. The number of nitrogens with one attached hydrogen (secondary N) is 2. The van der Waals surface area contributed by atoms with Crippen molar-refractivity contribution in [3.05, 3.63) is 23.8 Å². The molecule has 0 spiro atoms. The van der Waals surface area contributed by atoms with Gasteiger partial charge in [-0.1, -0.05) is 6.92 Å². The van der Waals surface area contributed by atoms with E-state index in [0.717, 1.165) is 6.42 Å². The second kappa shape index (κ2) is 8.97. The third kappa shape index (κ3) is 5.83. The molecule has 6 heteroatoms. The highest BCUT2D eigenvalue weighted by atomic mass is 16.5. The molecule has 0 unspecified atom stereocenters. The van der Waals surface area contributed by atoms with Crippen molar-refractivity contribution < 1.29 is 19.1 Å². The SMILES string of the molecule is CCCOCCNC(=O)Nc1cc(C(C)=O)ccc1OC. The topological polar surface area (TPSA) is 76.7 Å². The molecule has 1 aromatic rings. The molecule has 0 radical (unpaired) electrons. The minimum Gasteiger partial charge on any atom is -0.495 e. The molecule has 0 fully saturated rings. The van der Waals surface area contributed by atoms with Crippen molar-refractivity contribution >= 4 is 17.5 Å². The number of ether oxygens (including phenoxy) is 2. The Balaban J connectivity index is 2.57. The predicted molar refractivity (Wildman–Crippen MR) is 81.1 cm³/mol. The number of amides is 2. The fourth-order valence-electron chi connectivity index (χ4n) is 1.67. The second-order valence-electron chi connectivity index (χ2n) is 4.46. The number of hydrogen-bond acceptors (Lipinski definition) is 4. The van der Waals surface area contributed by atoms with Gasteiger partial charge in [-0.3, -0.25) is 4.79 Å².